The van der Waals surface area contributed by atoms with E-state index in [2.05, 4.69) is 79.7 Å². The van der Waals surface area contributed by atoms with Crippen LogP contribution in [0.2, 0.25) is 0 Å². The lowest BCUT2D eigenvalue weighted by Gasteiger charge is -2.59. The minimum Gasteiger partial charge on any atom is -0.342 e. The lowest BCUT2D eigenvalue weighted by atomic mass is 9.64. The first-order valence-electron chi connectivity index (χ1n) is 9.46. The molecule has 1 aromatic carbocycles. The molecule has 2 aromatic rings. The second-order valence-electron chi connectivity index (χ2n) is 8.69. The second kappa shape index (κ2) is 5.15. The number of halogens is 4. The van der Waals surface area contributed by atoms with Crippen molar-refractivity contribution in [2.24, 2.45) is 0 Å². The number of fused-ring (bicyclic) bond motifs is 1. The van der Waals surface area contributed by atoms with Gasteiger partial charge >= 0.3 is 0 Å². The first-order valence-corrected chi connectivity index (χ1v) is 12.8. The first-order chi connectivity index (χ1) is 14.2. The van der Waals surface area contributed by atoms with Gasteiger partial charge in [-0.2, -0.15) is 0 Å². The zero-order valence-corrected chi connectivity index (χ0v) is 21.8. The predicted molar refractivity (Wildman–Crippen MR) is 125 cm³/mol. The number of rotatable bonds is 0. The van der Waals surface area contributed by atoms with Crippen LogP contribution in [0.3, 0.4) is 0 Å². The Morgan fingerprint density at radius 3 is 2.67 bits per heavy atom. The van der Waals surface area contributed by atoms with E-state index < -0.39 is 16.6 Å². The Morgan fingerprint density at radius 1 is 1.17 bits per heavy atom. The van der Waals surface area contributed by atoms with Crippen molar-refractivity contribution in [3.8, 4) is 0 Å². The highest BCUT2D eigenvalue weighted by Crippen LogP contribution is 2.75. The SMILES string of the molecule is C[C@]12C(=O)n3cnc4c3[C@@]3(C[C@H]1Br)N2c1cc(Br)cc(Br)c1[C@@]31CC(=O)N1C=C4Br. The molecule has 0 unspecified atom stereocenters. The van der Waals surface area contributed by atoms with Crippen LogP contribution >= 0.6 is 63.7 Å². The third-order valence-electron chi connectivity index (χ3n) is 7.67. The average Bonchev–Trinajstić information content (AvgIpc) is 3.26. The van der Waals surface area contributed by atoms with Gasteiger partial charge in [0.1, 0.15) is 28.6 Å². The van der Waals surface area contributed by atoms with E-state index in [0.717, 1.165) is 36.1 Å². The largest absolute Gasteiger partial charge is 0.342 e. The molecule has 0 N–H and O–H groups in total. The number of alkyl halides is 1. The predicted octanol–water partition coefficient (Wildman–Crippen LogP) is 4.84. The summed E-state index contributed by atoms with van der Waals surface area (Å²) in [5, 5.41) is 0. The minimum atomic E-state index is -0.815. The van der Waals surface area contributed by atoms with Crippen LogP contribution in [-0.2, 0) is 15.9 Å². The van der Waals surface area contributed by atoms with E-state index in [-0.39, 0.29) is 16.6 Å². The number of imidazole rings is 1. The summed E-state index contributed by atoms with van der Waals surface area (Å²) in [6.07, 6.45) is 4.56. The maximum atomic E-state index is 13.9. The maximum absolute atomic E-state index is 13.9. The molecule has 0 aliphatic carbocycles. The summed E-state index contributed by atoms with van der Waals surface area (Å²) in [6, 6.07) is 4.10. The Kier molecular flexibility index (Phi) is 3.19. The van der Waals surface area contributed by atoms with Gasteiger partial charge in [-0.15, -0.1) is 0 Å². The van der Waals surface area contributed by atoms with E-state index in [4.69, 9.17) is 0 Å². The molecule has 6 nitrogen and oxygen atoms in total. The summed E-state index contributed by atoms with van der Waals surface area (Å²) in [5.74, 6) is 0.0574. The van der Waals surface area contributed by atoms with Gasteiger partial charge in [0, 0.05) is 31.2 Å². The fourth-order valence-corrected chi connectivity index (χ4v) is 9.51. The molecule has 0 saturated carbocycles. The van der Waals surface area contributed by atoms with E-state index in [9.17, 15) is 9.59 Å². The summed E-state index contributed by atoms with van der Waals surface area (Å²) >= 11 is 14.9. The van der Waals surface area contributed by atoms with Crippen molar-refractivity contribution in [1.82, 2.24) is 14.5 Å². The van der Waals surface area contributed by atoms with Gasteiger partial charge in [0.15, 0.2) is 0 Å². The van der Waals surface area contributed by atoms with Gasteiger partial charge in [-0.05, 0) is 41.4 Å². The van der Waals surface area contributed by atoms with Gasteiger partial charge in [0.25, 0.3) is 5.91 Å². The van der Waals surface area contributed by atoms with Crippen molar-refractivity contribution >= 4 is 85.7 Å². The molecule has 2 spiro atoms. The van der Waals surface area contributed by atoms with Gasteiger partial charge in [-0.1, -0.05) is 47.8 Å². The number of hydrogen-bond donors (Lipinski definition) is 0. The number of amides is 1. The lowest BCUT2D eigenvalue weighted by molar-refractivity contribution is -0.158. The minimum absolute atomic E-state index is 0.00949. The molecular weight excluding hydrogens is 648 g/mol. The van der Waals surface area contributed by atoms with E-state index >= 15 is 0 Å². The van der Waals surface area contributed by atoms with E-state index in [1.54, 1.807) is 10.9 Å². The summed E-state index contributed by atoms with van der Waals surface area (Å²) in [6.45, 7) is 2.00. The van der Waals surface area contributed by atoms with Crippen LogP contribution in [0.4, 0.5) is 5.69 Å². The zero-order valence-electron chi connectivity index (χ0n) is 15.4. The van der Waals surface area contributed by atoms with Gasteiger partial charge in [0.2, 0.25) is 5.91 Å². The molecule has 6 heterocycles. The number of anilines is 1. The lowest BCUT2D eigenvalue weighted by Crippen LogP contribution is -2.73. The normalized spacial score (nSPS) is 36.8. The Hall–Kier alpha value is -0.970. The number of aromatic nitrogens is 2. The Labute approximate surface area is 205 Å². The van der Waals surface area contributed by atoms with Crippen molar-refractivity contribution in [1.29, 1.82) is 0 Å². The fraction of sp³-hybridized carbons (Fsp3) is 0.350. The van der Waals surface area contributed by atoms with Gasteiger partial charge < -0.3 is 9.80 Å². The number of carbonyl (C=O) groups excluding carboxylic acids is 2. The monoisotopic (exact) mass is 656 g/mol. The van der Waals surface area contributed by atoms with E-state index in [1.807, 2.05) is 24.1 Å². The number of carbonyl (C=O) groups is 2. The molecule has 5 aliphatic rings. The highest BCUT2D eigenvalue weighted by Gasteiger charge is 2.82. The average molecular weight is 660 g/mol. The molecule has 2 fully saturated rings. The molecule has 10 heteroatoms. The van der Waals surface area contributed by atoms with Crippen LogP contribution in [-0.4, -0.2) is 36.6 Å². The fourth-order valence-electron chi connectivity index (χ4n) is 6.61. The third-order valence-corrected chi connectivity index (χ3v) is 10.5. The van der Waals surface area contributed by atoms with Crippen LogP contribution in [0.25, 0.3) is 4.48 Å². The smallest absolute Gasteiger partial charge is 0.258 e. The van der Waals surface area contributed by atoms with Gasteiger partial charge in [-0.25, -0.2) is 4.98 Å². The van der Waals surface area contributed by atoms with Crippen molar-refractivity contribution in [3.63, 3.8) is 0 Å². The van der Waals surface area contributed by atoms with Crippen LogP contribution in [0.5, 0.6) is 0 Å². The molecule has 4 atom stereocenters. The van der Waals surface area contributed by atoms with Crippen LogP contribution in [0, 0.1) is 0 Å². The van der Waals surface area contributed by atoms with Crippen LogP contribution in [0.1, 0.15) is 41.5 Å². The summed E-state index contributed by atoms with van der Waals surface area (Å²) < 4.78 is 4.30. The molecule has 152 valence electrons. The Morgan fingerprint density at radius 2 is 1.93 bits per heavy atom. The highest BCUT2D eigenvalue weighted by molar-refractivity contribution is 9.15. The highest BCUT2D eigenvalue weighted by atomic mass is 79.9. The Balaban J connectivity index is 1.74. The van der Waals surface area contributed by atoms with Gasteiger partial charge in [-0.3, -0.25) is 14.2 Å². The zero-order chi connectivity index (χ0) is 21.0. The molecule has 5 aliphatic heterocycles. The maximum Gasteiger partial charge on any atom is 0.258 e. The standard InChI is InChI=1S/C20H12Br4N4O2/c1-18-12(24)4-20-16-15(25-7-26(16)17(18)30)10(23)6-27-13(29)5-19(20,27)14-9(22)2-8(21)3-11(14)28(18)20/h2-3,6-7,12H,4-5H2,1H3/t12-,18-,19+,20-/m1/s1. The summed E-state index contributed by atoms with van der Waals surface area (Å²) in [4.78, 5) is 35.5. The summed E-state index contributed by atoms with van der Waals surface area (Å²) in [7, 11) is 0. The van der Waals surface area contributed by atoms with Gasteiger partial charge in [0.05, 0.1) is 16.6 Å². The molecule has 1 amide bonds. The topological polar surface area (TPSA) is 58.4 Å². The molecular formula is C20H12Br4N4O2. The molecule has 0 radical (unpaired) electrons. The first kappa shape index (κ1) is 18.6. The number of benzene rings is 1. The van der Waals surface area contributed by atoms with Crippen molar-refractivity contribution in [3.05, 3.63) is 50.6 Å². The summed E-state index contributed by atoms with van der Waals surface area (Å²) in [5.41, 5.74) is 1.59. The molecule has 2 saturated heterocycles. The Bertz CT molecular complexity index is 1300. The van der Waals surface area contributed by atoms with Crippen molar-refractivity contribution < 1.29 is 9.59 Å². The third kappa shape index (κ3) is 1.54. The quantitative estimate of drug-likeness (QED) is 0.300. The molecule has 7 rings (SSSR count). The van der Waals surface area contributed by atoms with Crippen molar-refractivity contribution in [2.45, 2.75) is 41.2 Å². The second-order valence-corrected chi connectivity index (χ2v) is 12.4. The van der Waals surface area contributed by atoms with E-state index in [0.29, 0.717) is 12.8 Å². The molecule has 1 aromatic heterocycles. The van der Waals surface area contributed by atoms with Crippen LogP contribution in [0.15, 0.2) is 33.6 Å². The number of β-lactam (4-membered cyclic amide) rings is 1. The van der Waals surface area contributed by atoms with E-state index in [1.165, 1.54) is 0 Å². The number of nitrogens with zero attached hydrogens (tertiary/aromatic N) is 4. The van der Waals surface area contributed by atoms with Crippen LogP contribution < -0.4 is 4.90 Å². The molecule has 30 heavy (non-hydrogen) atoms. The van der Waals surface area contributed by atoms with Crippen molar-refractivity contribution in [2.75, 3.05) is 4.90 Å². The number of hydrogen-bond acceptors (Lipinski definition) is 4. The molecule has 2 bridgehead atoms.